The van der Waals surface area contributed by atoms with Gasteiger partial charge in [-0.2, -0.15) is 0 Å². The Morgan fingerprint density at radius 1 is 1.50 bits per heavy atom. The fraction of sp³-hybridized carbons (Fsp3) is 0.667. The molecule has 6 N–H and O–H groups in total. The monoisotopic (exact) mass is 391 g/mol. The lowest BCUT2D eigenvalue weighted by Gasteiger charge is -2.27. The molecule has 1 aromatic rings. The number of hydrogen-bond donors (Lipinski definition) is 5. The Morgan fingerprint density at radius 3 is 2.65 bits per heavy atom. The second-order valence-corrected chi connectivity index (χ2v) is 6.07. The van der Waals surface area contributed by atoms with Gasteiger partial charge in [-0.1, -0.05) is 20.3 Å². The zero-order valence-electron chi connectivity index (χ0n) is 14.7. The molecule has 0 saturated carbocycles. The molecule has 1 saturated heterocycles. The lowest BCUT2D eigenvalue weighted by molar-refractivity contribution is -0.362. The number of ether oxygens (including phenoxy) is 2. The summed E-state index contributed by atoms with van der Waals surface area (Å²) >= 11 is 5.02. The Kier molecular flexibility index (Phi) is 8.53. The van der Waals surface area contributed by atoms with Crippen LogP contribution in [0.25, 0.3) is 0 Å². The Morgan fingerprint density at radius 2 is 2.12 bits per heavy atom. The molecule has 148 valence electrons. The van der Waals surface area contributed by atoms with Gasteiger partial charge in [-0.15, -0.1) is 0 Å². The van der Waals surface area contributed by atoms with Crippen molar-refractivity contribution in [1.29, 1.82) is 0 Å². The van der Waals surface area contributed by atoms with Crippen LogP contribution in [0.3, 0.4) is 0 Å². The molecule has 26 heavy (non-hydrogen) atoms. The predicted octanol–water partition coefficient (Wildman–Crippen LogP) is -0.368. The number of rotatable bonds is 5. The number of aromatic amines is 1. The molecule has 11 heteroatoms. The van der Waals surface area contributed by atoms with Crippen molar-refractivity contribution in [3.63, 3.8) is 0 Å². The van der Waals surface area contributed by atoms with Gasteiger partial charge in [0.2, 0.25) is 0 Å². The normalized spacial score (nSPS) is 19.6. The summed E-state index contributed by atoms with van der Waals surface area (Å²) in [6.45, 7) is 3.25. The highest BCUT2D eigenvalue weighted by Gasteiger charge is 2.45. The summed E-state index contributed by atoms with van der Waals surface area (Å²) in [4.78, 5) is 25.0. The van der Waals surface area contributed by atoms with Crippen molar-refractivity contribution in [2.24, 2.45) is 5.73 Å². The average molecular weight is 391 g/mol. The number of esters is 1. The topological polar surface area (TPSA) is 160 Å². The molecule has 2 unspecified atom stereocenters. The third kappa shape index (κ3) is 5.69. The number of aliphatic hydroxyl groups excluding tert-OH is 1. The lowest BCUT2D eigenvalue weighted by atomic mass is 10.2. The zero-order chi connectivity index (χ0) is 19.9. The number of carbonyl (C=O) groups excluding carboxylic acids is 1. The number of nitrogens with two attached hydrogens (primary N) is 1. The molecule has 0 radical (unpaired) electrons. The number of aromatic nitrogens is 2. The van der Waals surface area contributed by atoms with Crippen LogP contribution in [0.5, 0.6) is 0 Å². The SMILES string of the molecule is CCC.NCC(=O)OC(O)(O)C1CCC(n2cc(CO)c(=O)[nH]c2=S)O1. The van der Waals surface area contributed by atoms with Gasteiger partial charge >= 0.3 is 11.9 Å². The average Bonchev–Trinajstić information content (AvgIpc) is 3.06. The van der Waals surface area contributed by atoms with Crippen LogP contribution < -0.4 is 11.3 Å². The van der Waals surface area contributed by atoms with Crippen molar-refractivity contribution in [2.45, 2.75) is 58.0 Å². The van der Waals surface area contributed by atoms with Crippen molar-refractivity contribution in [3.05, 3.63) is 26.9 Å². The number of nitrogens with one attached hydrogen (secondary N) is 1. The minimum atomic E-state index is -2.82. The number of hydrogen-bond acceptors (Lipinski definition) is 9. The van der Waals surface area contributed by atoms with Crippen molar-refractivity contribution in [3.8, 4) is 0 Å². The molecule has 10 nitrogen and oxygen atoms in total. The Balaban J connectivity index is 0.00000105. The first kappa shape index (κ1) is 22.4. The first-order chi connectivity index (χ1) is 12.2. The quantitative estimate of drug-likeness (QED) is 0.256. The molecular weight excluding hydrogens is 366 g/mol. The molecular formula is C15H25N3O7S. The Labute approximate surface area is 155 Å². The van der Waals surface area contributed by atoms with Crippen LogP contribution in [-0.2, 0) is 20.9 Å². The third-order valence-corrected chi connectivity index (χ3v) is 3.68. The minimum Gasteiger partial charge on any atom is -0.405 e. The Hall–Kier alpha value is -1.63. The molecule has 2 heterocycles. The molecule has 1 aliphatic heterocycles. The van der Waals surface area contributed by atoms with E-state index in [4.69, 9.17) is 27.8 Å². The van der Waals surface area contributed by atoms with Gasteiger partial charge < -0.3 is 30.5 Å². The second-order valence-electron chi connectivity index (χ2n) is 5.68. The van der Waals surface area contributed by atoms with Gasteiger partial charge in [-0.05, 0) is 25.1 Å². The Bertz CT molecular complexity index is 716. The number of carbonyl (C=O) groups is 1. The van der Waals surface area contributed by atoms with Crippen LogP contribution in [0.1, 0.15) is 44.9 Å². The summed E-state index contributed by atoms with van der Waals surface area (Å²) in [6.07, 6.45) is 1.12. The summed E-state index contributed by atoms with van der Waals surface area (Å²) in [7, 11) is 0. The van der Waals surface area contributed by atoms with E-state index in [2.05, 4.69) is 23.6 Å². The summed E-state index contributed by atoms with van der Waals surface area (Å²) < 4.78 is 11.3. The predicted molar refractivity (Wildman–Crippen MR) is 93.2 cm³/mol. The van der Waals surface area contributed by atoms with E-state index >= 15 is 0 Å². The highest BCUT2D eigenvalue weighted by molar-refractivity contribution is 7.71. The highest BCUT2D eigenvalue weighted by atomic mass is 32.1. The van der Waals surface area contributed by atoms with E-state index in [1.54, 1.807) is 0 Å². The maximum Gasteiger partial charge on any atom is 0.352 e. The standard InChI is InChI=1S/C12H17N3O7S.C3H8/c13-3-9(17)22-12(19,20)7-1-2-8(21-7)15-4-6(5-16)10(18)14-11(15)23;1-3-2/h4,7-8,16,19-20H,1-3,5,13H2,(H,14,18,23);3H2,1-2H3. The fourth-order valence-electron chi connectivity index (χ4n) is 2.23. The smallest absolute Gasteiger partial charge is 0.352 e. The van der Waals surface area contributed by atoms with Crippen LogP contribution >= 0.6 is 12.2 Å². The van der Waals surface area contributed by atoms with Crippen LogP contribution in [0.15, 0.2) is 11.0 Å². The second kappa shape index (κ2) is 9.90. The van der Waals surface area contributed by atoms with Gasteiger partial charge in [0.25, 0.3) is 5.56 Å². The first-order valence-electron chi connectivity index (χ1n) is 8.17. The van der Waals surface area contributed by atoms with Gasteiger partial charge in [0.1, 0.15) is 6.23 Å². The van der Waals surface area contributed by atoms with Crippen LogP contribution in [-0.4, -0.2) is 49.5 Å². The molecule has 0 aliphatic carbocycles. The maximum absolute atomic E-state index is 11.5. The van der Waals surface area contributed by atoms with Gasteiger partial charge in [-0.25, -0.2) is 0 Å². The maximum atomic E-state index is 11.5. The van der Waals surface area contributed by atoms with E-state index in [1.165, 1.54) is 17.2 Å². The van der Waals surface area contributed by atoms with Crippen molar-refractivity contribution in [2.75, 3.05) is 6.54 Å². The van der Waals surface area contributed by atoms with Crippen molar-refractivity contribution in [1.82, 2.24) is 9.55 Å². The molecule has 2 atom stereocenters. The molecule has 1 aromatic heterocycles. The van der Waals surface area contributed by atoms with E-state index in [0.29, 0.717) is 6.42 Å². The fourth-order valence-corrected chi connectivity index (χ4v) is 2.49. The molecule has 0 bridgehead atoms. The van der Waals surface area contributed by atoms with E-state index in [9.17, 15) is 19.8 Å². The number of nitrogens with zero attached hydrogens (tertiary/aromatic N) is 1. The van der Waals surface area contributed by atoms with Crippen molar-refractivity contribution < 1.29 is 29.6 Å². The van der Waals surface area contributed by atoms with E-state index < -0.39 is 43.0 Å². The molecule has 1 fully saturated rings. The van der Waals surface area contributed by atoms with Crippen LogP contribution in [0, 0.1) is 4.77 Å². The molecule has 2 rings (SSSR count). The van der Waals surface area contributed by atoms with Gasteiger partial charge in [0.05, 0.1) is 18.7 Å². The van der Waals surface area contributed by atoms with Crippen LogP contribution in [0.4, 0.5) is 0 Å². The van der Waals surface area contributed by atoms with Crippen molar-refractivity contribution >= 4 is 18.2 Å². The molecule has 0 spiro atoms. The molecule has 0 aromatic carbocycles. The van der Waals surface area contributed by atoms with Gasteiger partial charge in [0, 0.05) is 6.20 Å². The lowest BCUT2D eigenvalue weighted by Crippen LogP contribution is -2.47. The first-order valence-corrected chi connectivity index (χ1v) is 8.58. The zero-order valence-corrected chi connectivity index (χ0v) is 15.5. The summed E-state index contributed by atoms with van der Waals surface area (Å²) in [5, 5.41) is 28.7. The summed E-state index contributed by atoms with van der Waals surface area (Å²) in [5.74, 6) is -3.82. The van der Waals surface area contributed by atoms with Crippen LogP contribution in [0.2, 0.25) is 0 Å². The largest absolute Gasteiger partial charge is 0.405 e. The summed E-state index contributed by atoms with van der Waals surface area (Å²) in [6, 6.07) is 0. The minimum absolute atomic E-state index is 0.0540. The van der Waals surface area contributed by atoms with Gasteiger partial charge in [0.15, 0.2) is 10.9 Å². The highest BCUT2D eigenvalue weighted by Crippen LogP contribution is 2.33. The third-order valence-electron chi connectivity index (χ3n) is 3.37. The number of aliphatic hydroxyl groups is 3. The van der Waals surface area contributed by atoms with E-state index in [1.807, 2.05) is 0 Å². The molecule has 0 amide bonds. The molecule has 1 aliphatic rings. The van der Waals surface area contributed by atoms with Gasteiger partial charge in [-0.3, -0.25) is 19.1 Å². The number of H-pyrrole nitrogens is 1. The van der Waals surface area contributed by atoms with E-state index in [-0.39, 0.29) is 16.8 Å². The summed E-state index contributed by atoms with van der Waals surface area (Å²) in [5.41, 5.74) is 4.62. The van der Waals surface area contributed by atoms with E-state index in [0.717, 1.165) is 0 Å².